The molecule has 4 saturated heterocycles. The number of carboxylic acid groups (broad SMARTS) is 1. The molecule has 13 N–H and O–H groups in total. The maximum atomic E-state index is 13.2. The molecule has 75 heavy (non-hydrogen) atoms. The molecule has 0 bridgehead atoms. The lowest BCUT2D eigenvalue weighted by Crippen LogP contribution is -2.67. The van der Waals surface area contributed by atoms with E-state index >= 15 is 0 Å². The monoisotopic (exact) mass is 1070 g/mol. The summed E-state index contributed by atoms with van der Waals surface area (Å²) in [6.07, 6.45) is -22.4. The molecule has 8 fully saturated rings. The van der Waals surface area contributed by atoms with E-state index in [4.69, 9.17) is 37.9 Å². The standard InChI is InChI=1S/C53H86O22/c1-23-32(58)41(74-44-38(64)36(62)40(28(20-55)71-44)73-43-37(63)35(61)34(60)27(19-54)70-43)39(65)45(69-23)75-42-33(59)26(57)21-68-46(42)72-31-11-12-49(4)29(50(31,5)22-56)10-13-52(7)30(49)9-8-24-25-18-48(2,3)14-16-53(25,47(66)67)17-15-51(24,52)6/h8,23,25-46,54-65H,9-22H2,1-7H3,(H,66,67)/t23-,25?,26-,27+,28+,29?,30+,31-,32-,33-,34+,35-,36+,37+,38+,39+,40+,41+,42+,43-,44-,45-,46-,49-,50-,51+,52+,53-/m0/s1. The third-order valence-electron chi connectivity index (χ3n) is 21.2. The molecule has 4 heterocycles. The van der Waals surface area contributed by atoms with E-state index in [0.717, 1.165) is 44.9 Å². The molecular weight excluding hydrogens is 989 g/mol. The molecule has 22 nitrogen and oxygen atoms in total. The minimum atomic E-state index is -2.01. The van der Waals surface area contributed by atoms with Crippen LogP contribution in [-0.2, 0) is 42.7 Å². The Labute approximate surface area is 437 Å². The average Bonchev–Trinajstić information content (AvgIpc) is 3.44. The van der Waals surface area contributed by atoms with Crippen LogP contribution in [0.25, 0.3) is 0 Å². The number of rotatable bonds is 12. The molecule has 0 aromatic carbocycles. The number of hydrogen-bond donors (Lipinski definition) is 13. The van der Waals surface area contributed by atoms with Gasteiger partial charge in [-0.3, -0.25) is 4.79 Å². The second-order valence-corrected chi connectivity index (χ2v) is 25.7. The van der Waals surface area contributed by atoms with Gasteiger partial charge in [-0.1, -0.05) is 53.2 Å². The molecule has 4 saturated carbocycles. The summed E-state index contributed by atoms with van der Waals surface area (Å²) in [5.41, 5.74) is -0.839. The van der Waals surface area contributed by atoms with E-state index in [1.54, 1.807) is 0 Å². The molecule has 9 aliphatic rings. The minimum absolute atomic E-state index is 0.0289. The fourth-order valence-corrected chi connectivity index (χ4v) is 16.3. The van der Waals surface area contributed by atoms with Gasteiger partial charge >= 0.3 is 5.97 Å². The fraction of sp³-hybridized carbons (Fsp3) is 0.943. The van der Waals surface area contributed by atoms with Crippen LogP contribution >= 0.6 is 0 Å². The Balaban J connectivity index is 0.899. The first-order chi connectivity index (χ1) is 35.2. The first-order valence-electron chi connectivity index (χ1n) is 27.3. The molecule has 0 amide bonds. The lowest BCUT2D eigenvalue weighted by atomic mass is 9.33. The number of aliphatic hydroxyl groups is 12. The van der Waals surface area contributed by atoms with Crippen LogP contribution in [0.5, 0.6) is 0 Å². The van der Waals surface area contributed by atoms with Crippen molar-refractivity contribution in [2.75, 3.05) is 26.4 Å². The van der Waals surface area contributed by atoms with Crippen molar-refractivity contribution in [2.45, 2.75) is 235 Å². The topological polar surface area (TPSA) is 354 Å². The Morgan fingerprint density at radius 2 is 1.23 bits per heavy atom. The first kappa shape index (κ1) is 58.1. The van der Waals surface area contributed by atoms with Gasteiger partial charge in [-0.25, -0.2) is 0 Å². The number of allylic oxidation sites excluding steroid dienone is 2. The molecule has 9 rings (SSSR count). The van der Waals surface area contributed by atoms with E-state index < -0.39 is 153 Å². The van der Waals surface area contributed by atoms with Gasteiger partial charge in [0, 0.05) is 5.41 Å². The van der Waals surface area contributed by atoms with Crippen molar-refractivity contribution in [3.8, 4) is 0 Å². The molecule has 430 valence electrons. The Hall–Kier alpha value is -1.59. The van der Waals surface area contributed by atoms with Gasteiger partial charge in [-0.15, -0.1) is 0 Å². The summed E-state index contributed by atoms with van der Waals surface area (Å²) < 4.78 is 47.8. The number of carboxylic acids is 1. The quantitative estimate of drug-likeness (QED) is 0.0838. The van der Waals surface area contributed by atoms with Crippen molar-refractivity contribution >= 4 is 5.97 Å². The van der Waals surface area contributed by atoms with Crippen LogP contribution in [0.4, 0.5) is 0 Å². The van der Waals surface area contributed by atoms with Crippen LogP contribution in [0.1, 0.15) is 113 Å². The van der Waals surface area contributed by atoms with E-state index in [2.05, 4.69) is 40.7 Å². The van der Waals surface area contributed by atoms with E-state index in [1.807, 2.05) is 6.92 Å². The van der Waals surface area contributed by atoms with Gasteiger partial charge in [-0.2, -0.15) is 0 Å². The molecule has 0 radical (unpaired) electrons. The smallest absolute Gasteiger partial charge is 0.310 e. The second-order valence-electron chi connectivity index (χ2n) is 25.7. The molecule has 5 aliphatic carbocycles. The number of hydrogen-bond acceptors (Lipinski definition) is 21. The van der Waals surface area contributed by atoms with Crippen molar-refractivity contribution in [3.05, 3.63) is 11.6 Å². The number of ether oxygens (including phenoxy) is 8. The highest BCUT2D eigenvalue weighted by Crippen LogP contribution is 2.76. The van der Waals surface area contributed by atoms with E-state index in [0.29, 0.717) is 19.3 Å². The maximum Gasteiger partial charge on any atom is 0.310 e. The predicted molar refractivity (Wildman–Crippen MR) is 257 cm³/mol. The van der Waals surface area contributed by atoms with Gasteiger partial charge in [-0.05, 0) is 111 Å². The fourth-order valence-electron chi connectivity index (χ4n) is 16.3. The second kappa shape index (κ2) is 21.1. The van der Waals surface area contributed by atoms with Gasteiger partial charge in [0.2, 0.25) is 0 Å². The SMILES string of the molecule is C[C@@H]1O[C@@H](O[C@H]2[C@H](O[C@H]3CC[C@@]4(C)C(CC[C@]5(C)[C@@H]4CC=C4C6CC(C)(C)CC[C@]6(C(=O)O)CC[C@]45C)[C@]3(C)CO)OC[C@H](O)[C@@H]2O)[C@H](O)[C@H](O[C@@H]2O[C@H](CO)[C@@H](O[C@@H]3O[C@H](CO)[C@@H](O)[C@H](O)[C@H]3O)[C@H](O)[C@H]2O)[C@H]1O. The van der Waals surface area contributed by atoms with Gasteiger partial charge < -0.3 is 104 Å². The molecule has 0 aromatic heterocycles. The summed E-state index contributed by atoms with van der Waals surface area (Å²) >= 11 is 0. The van der Waals surface area contributed by atoms with Crippen LogP contribution in [0, 0.1) is 50.2 Å². The van der Waals surface area contributed by atoms with Gasteiger partial charge in [0.25, 0.3) is 0 Å². The predicted octanol–water partition coefficient (Wildman–Crippen LogP) is -0.830. The van der Waals surface area contributed by atoms with Crippen LogP contribution in [0.3, 0.4) is 0 Å². The highest BCUT2D eigenvalue weighted by atomic mass is 16.8. The molecule has 2 unspecified atom stereocenters. The van der Waals surface area contributed by atoms with Crippen LogP contribution < -0.4 is 0 Å². The van der Waals surface area contributed by atoms with Gasteiger partial charge in [0.1, 0.15) is 85.5 Å². The van der Waals surface area contributed by atoms with Crippen LogP contribution in [-0.4, -0.2) is 222 Å². The number of fused-ring (bicyclic) bond motifs is 7. The van der Waals surface area contributed by atoms with Crippen molar-refractivity contribution in [2.24, 2.45) is 50.2 Å². The lowest BCUT2D eigenvalue weighted by molar-refractivity contribution is -0.390. The van der Waals surface area contributed by atoms with E-state index in [9.17, 15) is 71.2 Å². The summed E-state index contributed by atoms with van der Waals surface area (Å²) in [5.74, 6) is -0.514. The van der Waals surface area contributed by atoms with Crippen LogP contribution in [0.2, 0.25) is 0 Å². The minimum Gasteiger partial charge on any atom is -0.481 e. The van der Waals surface area contributed by atoms with Gasteiger partial charge in [0.05, 0.1) is 44.1 Å². The Kier molecular flexibility index (Phi) is 16.3. The Morgan fingerprint density at radius 3 is 1.88 bits per heavy atom. The number of aliphatic hydroxyl groups excluding tert-OH is 12. The largest absolute Gasteiger partial charge is 0.481 e. The highest BCUT2D eigenvalue weighted by Gasteiger charge is 2.70. The first-order valence-corrected chi connectivity index (χ1v) is 27.3. The van der Waals surface area contributed by atoms with E-state index in [-0.39, 0.29) is 52.6 Å². The zero-order chi connectivity index (χ0) is 54.7. The van der Waals surface area contributed by atoms with Gasteiger partial charge in [0.15, 0.2) is 25.2 Å². The summed E-state index contributed by atoms with van der Waals surface area (Å²) in [6, 6.07) is 0. The molecule has 0 spiro atoms. The Morgan fingerprint density at radius 1 is 0.613 bits per heavy atom. The molecule has 28 atom stereocenters. The highest BCUT2D eigenvalue weighted by molar-refractivity contribution is 5.76. The molecule has 22 heteroatoms. The number of carbonyl (C=O) groups is 1. The van der Waals surface area contributed by atoms with Crippen molar-refractivity contribution in [1.29, 1.82) is 0 Å². The zero-order valence-corrected chi connectivity index (χ0v) is 44.2. The molecular formula is C53H86O22. The van der Waals surface area contributed by atoms with Crippen molar-refractivity contribution in [1.82, 2.24) is 0 Å². The maximum absolute atomic E-state index is 13.2. The summed E-state index contributed by atoms with van der Waals surface area (Å²) in [6.45, 7) is 12.9. The summed E-state index contributed by atoms with van der Waals surface area (Å²) in [5, 5.41) is 141. The molecule has 4 aliphatic heterocycles. The molecule has 0 aromatic rings. The third kappa shape index (κ3) is 9.40. The normalized spacial score (nSPS) is 54.9. The average molecular weight is 1080 g/mol. The van der Waals surface area contributed by atoms with Crippen molar-refractivity contribution in [3.63, 3.8) is 0 Å². The summed E-state index contributed by atoms with van der Waals surface area (Å²) in [7, 11) is 0. The summed E-state index contributed by atoms with van der Waals surface area (Å²) in [4.78, 5) is 13.2. The van der Waals surface area contributed by atoms with E-state index in [1.165, 1.54) is 12.5 Å². The Bertz CT molecular complexity index is 2060. The number of aliphatic carboxylic acids is 1. The lowest BCUT2D eigenvalue weighted by Gasteiger charge is -2.71. The third-order valence-corrected chi connectivity index (χ3v) is 21.2. The van der Waals surface area contributed by atoms with Crippen molar-refractivity contribution < 1.29 is 109 Å². The zero-order valence-electron chi connectivity index (χ0n) is 44.2. The van der Waals surface area contributed by atoms with Crippen LogP contribution in [0.15, 0.2) is 11.6 Å².